The molecule has 1 aromatic heterocycles. The largest absolute Gasteiger partial charge is 0.490 e. The van der Waals surface area contributed by atoms with E-state index in [9.17, 15) is 18.0 Å². The zero-order valence-electron chi connectivity index (χ0n) is 16.6. The van der Waals surface area contributed by atoms with Crippen molar-refractivity contribution in [1.29, 1.82) is 0 Å². The number of aromatic nitrogens is 2. The minimum atomic E-state index is -4.42. The van der Waals surface area contributed by atoms with E-state index in [2.05, 4.69) is 29.4 Å². The molecule has 0 saturated carbocycles. The van der Waals surface area contributed by atoms with Gasteiger partial charge in [-0.05, 0) is 49.2 Å². The lowest BCUT2D eigenvalue weighted by atomic mass is 10.1. The predicted octanol–water partition coefficient (Wildman–Crippen LogP) is 5.92. The molecule has 3 aromatic rings. The van der Waals surface area contributed by atoms with E-state index in [1.54, 1.807) is 24.3 Å². The highest BCUT2D eigenvalue weighted by molar-refractivity contribution is 6.08. The lowest BCUT2D eigenvalue weighted by molar-refractivity contribution is -0.137. The summed E-state index contributed by atoms with van der Waals surface area (Å²) in [6.07, 6.45) is -1.13. The van der Waals surface area contributed by atoms with E-state index in [1.807, 2.05) is 0 Å². The Balaban J connectivity index is 1.72. The minimum Gasteiger partial charge on any atom is -0.490 e. The minimum absolute atomic E-state index is 0.141. The van der Waals surface area contributed by atoms with Crippen molar-refractivity contribution in [1.82, 2.24) is 10.2 Å². The summed E-state index contributed by atoms with van der Waals surface area (Å²) in [6.45, 7) is 4.11. The summed E-state index contributed by atoms with van der Waals surface area (Å²) in [5.41, 5.74) is 0.811. The summed E-state index contributed by atoms with van der Waals surface area (Å²) in [4.78, 5) is 12.7. The lowest BCUT2D eigenvalue weighted by Gasteiger charge is -2.15. The molecule has 158 valence electrons. The highest BCUT2D eigenvalue weighted by Gasteiger charge is 2.30. The van der Waals surface area contributed by atoms with Gasteiger partial charge in [0.25, 0.3) is 5.91 Å². The molecule has 0 atom stereocenters. The molecule has 1 amide bonds. The maximum Gasteiger partial charge on any atom is 0.416 e. The Labute approximate surface area is 172 Å². The number of nitrogens with zero attached hydrogens (tertiary/aromatic N) is 1. The molecule has 1 heterocycles. The van der Waals surface area contributed by atoms with Crippen molar-refractivity contribution in [2.75, 3.05) is 5.32 Å². The van der Waals surface area contributed by atoms with Crippen LogP contribution >= 0.6 is 0 Å². The topological polar surface area (TPSA) is 67.0 Å². The van der Waals surface area contributed by atoms with Crippen LogP contribution in [0.1, 0.15) is 42.6 Å². The third kappa shape index (κ3) is 5.00. The van der Waals surface area contributed by atoms with Crippen LogP contribution in [0.4, 0.5) is 18.9 Å². The molecule has 0 fully saturated rings. The third-order valence-electron chi connectivity index (χ3n) is 4.71. The van der Waals surface area contributed by atoms with Gasteiger partial charge in [0.15, 0.2) is 0 Å². The average molecular weight is 417 g/mol. The van der Waals surface area contributed by atoms with Gasteiger partial charge >= 0.3 is 6.18 Å². The molecule has 2 aromatic carbocycles. The van der Waals surface area contributed by atoms with Crippen LogP contribution in [0.25, 0.3) is 11.3 Å². The average Bonchev–Trinajstić information content (AvgIpc) is 3.23. The lowest BCUT2D eigenvalue weighted by Crippen LogP contribution is -2.14. The molecule has 0 aliphatic rings. The Hall–Kier alpha value is -3.29. The van der Waals surface area contributed by atoms with Crippen LogP contribution in [-0.2, 0) is 6.18 Å². The molecular weight excluding hydrogens is 395 g/mol. The van der Waals surface area contributed by atoms with Crippen LogP contribution in [-0.4, -0.2) is 22.2 Å². The third-order valence-corrected chi connectivity index (χ3v) is 4.71. The van der Waals surface area contributed by atoms with E-state index in [4.69, 9.17) is 4.74 Å². The van der Waals surface area contributed by atoms with Crippen LogP contribution < -0.4 is 10.1 Å². The van der Waals surface area contributed by atoms with Gasteiger partial charge in [-0.3, -0.25) is 9.89 Å². The molecular formula is C22H22F3N3O2. The molecule has 0 aliphatic carbocycles. The Morgan fingerprint density at radius 3 is 2.27 bits per heavy atom. The summed E-state index contributed by atoms with van der Waals surface area (Å²) in [6, 6.07) is 11.6. The fourth-order valence-electron chi connectivity index (χ4n) is 2.97. The van der Waals surface area contributed by atoms with Crippen LogP contribution in [0.15, 0.2) is 54.7 Å². The monoisotopic (exact) mass is 417 g/mol. The Morgan fingerprint density at radius 2 is 1.70 bits per heavy atom. The SMILES string of the molecule is CCC(CC)Oc1ccc(NC(=O)c2cn[nH]c2-c2ccc(C(F)(F)F)cc2)cc1. The van der Waals surface area contributed by atoms with Gasteiger partial charge in [-0.15, -0.1) is 0 Å². The first-order chi connectivity index (χ1) is 14.3. The van der Waals surface area contributed by atoms with Crippen molar-refractivity contribution in [2.24, 2.45) is 0 Å². The second-order valence-electron chi connectivity index (χ2n) is 6.77. The van der Waals surface area contributed by atoms with E-state index in [-0.39, 0.29) is 11.7 Å². The van der Waals surface area contributed by atoms with Gasteiger partial charge in [-0.25, -0.2) is 0 Å². The number of anilines is 1. The molecule has 2 N–H and O–H groups in total. The number of carbonyl (C=O) groups excluding carboxylic acids is 1. The first kappa shape index (κ1) is 21.4. The molecule has 5 nitrogen and oxygen atoms in total. The number of benzene rings is 2. The van der Waals surface area contributed by atoms with Gasteiger partial charge in [-0.2, -0.15) is 18.3 Å². The standard InChI is InChI=1S/C22H22F3N3O2/c1-3-17(4-2)30-18-11-9-16(10-12-18)27-21(29)19-13-26-28-20(19)14-5-7-15(8-6-14)22(23,24)25/h5-13,17H,3-4H2,1-2H3,(H,26,28)(H,27,29). The highest BCUT2D eigenvalue weighted by Crippen LogP contribution is 2.31. The summed E-state index contributed by atoms with van der Waals surface area (Å²) in [5.74, 6) is 0.294. The fraction of sp³-hybridized carbons (Fsp3) is 0.273. The van der Waals surface area contributed by atoms with E-state index in [0.29, 0.717) is 16.9 Å². The van der Waals surface area contributed by atoms with E-state index in [0.717, 1.165) is 30.7 Å². The van der Waals surface area contributed by atoms with Gasteiger partial charge in [0, 0.05) is 11.3 Å². The first-order valence-corrected chi connectivity index (χ1v) is 9.60. The number of ether oxygens (including phenoxy) is 1. The molecule has 0 saturated heterocycles. The number of halogens is 3. The normalized spacial score (nSPS) is 11.5. The van der Waals surface area contributed by atoms with Gasteiger partial charge in [-0.1, -0.05) is 26.0 Å². The van der Waals surface area contributed by atoms with Gasteiger partial charge in [0.1, 0.15) is 5.75 Å². The number of hydrogen-bond donors (Lipinski definition) is 2. The van der Waals surface area contributed by atoms with Crippen molar-refractivity contribution in [3.63, 3.8) is 0 Å². The number of amides is 1. The molecule has 0 spiro atoms. The van der Waals surface area contributed by atoms with E-state index < -0.39 is 17.6 Å². The predicted molar refractivity (Wildman–Crippen MR) is 108 cm³/mol. The van der Waals surface area contributed by atoms with Gasteiger partial charge in [0.05, 0.1) is 29.1 Å². The zero-order chi connectivity index (χ0) is 21.7. The number of carbonyl (C=O) groups is 1. The van der Waals surface area contributed by atoms with Crippen LogP contribution in [0.3, 0.4) is 0 Å². The second-order valence-corrected chi connectivity index (χ2v) is 6.77. The van der Waals surface area contributed by atoms with Crippen molar-refractivity contribution in [2.45, 2.75) is 39.0 Å². The summed E-state index contributed by atoms with van der Waals surface area (Å²) >= 11 is 0. The summed E-state index contributed by atoms with van der Waals surface area (Å²) in [5, 5.41) is 9.31. The van der Waals surface area contributed by atoms with Crippen molar-refractivity contribution in [3.8, 4) is 17.0 Å². The van der Waals surface area contributed by atoms with Crippen molar-refractivity contribution in [3.05, 3.63) is 65.9 Å². The Bertz CT molecular complexity index is 976. The van der Waals surface area contributed by atoms with E-state index in [1.165, 1.54) is 18.3 Å². The Morgan fingerprint density at radius 1 is 1.07 bits per heavy atom. The van der Waals surface area contributed by atoms with Crippen molar-refractivity contribution < 1.29 is 22.7 Å². The fourth-order valence-corrected chi connectivity index (χ4v) is 2.97. The number of rotatable bonds is 7. The number of hydrogen-bond acceptors (Lipinski definition) is 3. The summed E-state index contributed by atoms with van der Waals surface area (Å²) in [7, 11) is 0. The molecule has 0 bridgehead atoms. The van der Waals surface area contributed by atoms with Crippen LogP contribution in [0.2, 0.25) is 0 Å². The number of aromatic amines is 1. The molecule has 0 unspecified atom stereocenters. The molecule has 3 rings (SSSR count). The number of H-pyrrole nitrogens is 1. The zero-order valence-corrected chi connectivity index (χ0v) is 16.6. The maximum absolute atomic E-state index is 12.8. The molecule has 0 radical (unpaired) electrons. The van der Waals surface area contributed by atoms with Gasteiger partial charge < -0.3 is 10.1 Å². The van der Waals surface area contributed by atoms with Crippen LogP contribution in [0.5, 0.6) is 5.75 Å². The Kier molecular flexibility index (Phi) is 6.44. The molecule has 0 aliphatic heterocycles. The smallest absolute Gasteiger partial charge is 0.416 e. The first-order valence-electron chi connectivity index (χ1n) is 9.60. The quantitative estimate of drug-likeness (QED) is 0.502. The second kappa shape index (κ2) is 9.02. The highest BCUT2D eigenvalue weighted by atomic mass is 19.4. The number of alkyl halides is 3. The molecule has 30 heavy (non-hydrogen) atoms. The van der Waals surface area contributed by atoms with Gasteiger partial charge in [0.2, 0.25) is 0 Å². The van der Waals surface area contributed by atoms with Crippen molar-refractivity contribution >= 4 is 11.6 Å². The van der Waals surface area contributed by atoms with Crippen LogP contribution in [0, 0.1) is 0 Å². The summed E-state index contributed by atoms with van der Waals surface area (Å²) < 4.78 is 44.1. The maximum atomic E-state index is 12.8. The molecule has 8 heteroatoms. The number of nitrogens with one attached hydrogen (secondary N) is 2. The van der Waals surface area contributed by atoms with E-state index >= 15 is 0 Å².